The first-order chi connectivity index (χ1) is 14.7. The molecule has 1 saturated heterocycles. The van der Waals surface area contributed by atoms with Crippen LogP contribution in [0.15, 0.2) is 12.2 Å². The maximum atomic E-state index is 10.1. The summed E-state index contributed by atoms with van der Waals surface area (Å²) in [6.07, 6.45) is 20.7. The lowest BCUT2D eigenvalue weighted by atomic mass is 10.0. The lowest BCUT2D eigenvalue weighted by Crippen LogP contribution is -2.55. The Bertz CT molecular complexity index is 401. The molecule has 30 heavy (non-hydrogen) atoms. The van der Waals surface area contributed by atoms with E-state index in [-0.39, 0.29) is 13.2 Å². The van der Waals surface area contributed by atoms with Gasteiger partial charge in [0.05, 0.1) is 13.2 Å². The molecule has 0 unspecified atom stereocenters. The molecule has 0 spiro atoms. The van der Waals surface area contributed by atoms with Gasteiger partial charge in [-0.3, -0.25) is 0 Å². The molecule has 5 nitrogen and oxygen atoms in total. The van der Waals surface area contributed by atoms with E-state index in [1.165, 1.54) is 77.0 Å². The van der Waals surface area contributed by atoms with E-state index in [9.17, 15) is 10.2 Å². The van der Waals surface area contributed by atoms with E-state index in [4.69, 9.17) is 14.6 Å². The number of allylic oxidation sites excluding steroid dienone is 2. The highest BCUT2D eigenvalue weighted by atomic mass is 16.6. The van der Waals surface area contributed by atoms with Gasteiger partial charge in [-0.15, -0.1) is 0 Å². The third kappa shape index (κ3) is 13.1. The molecule has 1 rings (SSSR count). The molecular weight excluding hydrogens is 380 g/mol. The van der Waals surface area contributed by atoms with Gasteiger partial charge in [0, 0.05) is 6.61 Å². The fourth-order valence-corrected chi connectivity index (χ4v) is 3.97. The number of unbranched alkanes of at least 4 members (excludes halogenated alkanes) is 13. The SMILES string of the molecule is CCCCCCCCCCC/C=C/CCCCCCO[C@H]1[C@H](O)[C@@H](CO)OC[C@@H]1O. The first kappa shape index (κ1) is 27.6. The van der Waals surface area contributed by atoms with Crippen LogP contribution in [0, 0.1) is 0 Å². The molecule has 1 aliphatic heterocycles. The van der Waals surface area contributed by atoms with E-state index < -0.39 is 24.4 Å². The van der Waals surface area contributed by atoms with Gasteiger partial charge in [0.15, 0.2) is 0 Å². The lowest BCUT2D eigenvalue weighted by Gasteiger charge is -2.37. The minimum Gasteiger partial charge on any atom is -0.394 e. The molecule has 4 atom stereocenters. The zero-order valence-electron chi connectivity index (χ0n) is 19.4. The Morgan fingerprint density at radius 2 is 1.33 bits per heavy atom. The lowest BCUT2D eigenvalue weighted by molar-refractivity contribution is -0.210. The fourth-order valence-electron chi connectivity index (χ4n) is 3.97. The maximum absolute atomic E-state index is 10.1. The summed E-state index contributed by atoms with van der Waals surface area (Å²) in [5.41, 5.74) is 0. The first-order valence-electron chi connectivity index (χ1n) is 12.6. The van der Waals surface area contributed by atoms with Crippen LogP contribution < -0.4 is 0 Å². The van der Waals surface area contributed by atoms with Gasteiger partial charge in [-0.2, -0.15) is 0 Å². The van der Waals surface area contributed by atoms with Crippen LogP contribution >= 0.6 is 0 Å². The van der Waals surface area contributed by atoms with Crippen LogP contribution in [0.5, 0.6) is 0 Å². The van der Waals surface area contributed by atoms with Gasteiger partial charge in [0.2, 0.25) is 0 Å². The monoisotopic (exact) mass is 428 g/mol. The highest BCUT2D eigenvalue weighted by Crippen LogP contribution is 2.19. The molecule has 0 aromatic rings. The molecular formula is C25H48O5. The molecule has 0 aromatic carbocycles. The molecule has 0 aliphatic carbocycles. The average Bonchev–Trinajstić information content (AvgIpc) is 2.75. The summed E-state index contributed by atoms with van der Waals surface area (Å²) in [5, 5.41) is 29.1. The molecule has 3 N–H and O–H groups in total. The summed E-state index contributed by atoms with van der Waals surface area (Å²) in [6.45, 7) is 2.62. The van der Waals surface area contributed by atoms with Crippen LogP contribution in [0.4, 0.5) is 0 Å². The van der Waals surface area contributed by atoms with Gasteiger partial charge in [-0.25, -0.2) is 0 Å². The smallest absolute Gasteiger partial charge is 0.114 e. The predicted octanol–water partition coefficient (Wildman–Crippen LogP) is 4.91. The highest BCUT2D eigenvalue weighted by Gasteiger charge is 2.38. The van der Waals surface area contributed by atoms with Crippen LogP contribution in [0.2, 0.25) is 0 Å². The van der Waals surface area contributed by atoms with Crippen molar-refractivity contribution in [1.29, 1.82) is 0 Å². The van der Waals surface area contributed by atoms with Crippen LogP contribution in [0.25, 0.3) is 0 Å². The van der Waals surface area contributed by atoms with Crippen molar-refractivity contribution in [2.24, 2.45) is 0 Å². The third-order valence-corrected chi connectivity index (χ3v) is 5.97. The van der Waals surface area contributed by atoms with Crippen LogP contribution in [0.1, 0.15) is 103 Å². The Hall–Kier alpha value is -0.460. The van der Waals surface area contributed by atoms with E-state index in [0.29, 0.717) is 6.61 Å². The summed E-state index contributed by atoms with van der Waals surface area (Å²) in [6, 6.07) is 0. The van der Waals surface area contributed by atoms with Crippen LogP contribution in [-0.2, 0) is 9.47 Å². The molecule has 1 heterocycles. The molecule has 0 aromatic heterocycles. The van der Waals surface area contributed by atoms with Crippen molar-refractivity contribution in [2.75, 3.05) is 19.8 Å². The van der Waals surface area contributed by atoms with Crippen molar-refractivity contribution >= 4 is 0 Å². The topological polar surface area (TPSA) is 79.2 Å². The fraction of sp³-hybridized carbons (Fsp3) is 0.920. The second-order valence-electron chi connectivity index (χ2n) is 8.74. The number of hydrogen-bond donors (Lipinski definition) is 3. The van der Waals surface area contributed by atoms with Crippen molar-refractivity contribution in [3.05, 3.63) is 12.2 Å². The van der Waals surface area contributed by atoms with Gasteiger partial charge >= 0.3 is 0 Å². The molecule has 0 amide bonds. The second-order valence-corrected chi connectivity index (χ2v) is 8.74. The molecule has 0 radical (unpaired) electrons. The average molecular weight is 429 g/mol. The standard InChI is InChI=1S/C25H48O5/c1-2-3-4-5-6-7-8-9-10-11-12-13-14-15-16-17-18-19-29-25-22(27)21-30-23(20-26)24(25)28/h12-13,22-28H,2-11,14-21H2,1H3/b13-12+/t22-,23+,24+,25+/m0/s1. The molecule has 0 saturated carbocycles. The molecule has 0 bridgehead atoms. The van der Waals surface area contributed by atoms with Gasteiger partial charge in [-0.1, -0.05) is 83.3 Å². The number of ether oxygens (including phenoxy) is 2. The summed E-state index contributed by atoms with van der Waals surface area (Å²) < 4.78 is 10.8. The van der Waals surface area contributed by atoms with Gasteiger partial charge < -0.3 is 24.8 Å². The Balaban J connectivity index is 1.86. The molecule has 1 fully saturated rings. The van der Waals surface area contributed by atoms with E-state index in [0.717, 1.165) is 19.3 Å². The minimum atomic E-state index is -0.977. The number of aliphatic hydroxyl groups excluding tert-OH is 3. The zero-order valence-corrected chi connectivity index (χ0v) is 19.4. The highest BCUT2D eigenvalue weighted by molar-refractivity contribution is 4.87. The van der Waals surface area contributed by atoms with E-state index in [1.807, 2.05) is 0 Å². The minimum absolute atomic E-state index is 0.0956. The Kier molecular flexibility index (Phi) is 17.7. The van der Waals surface area contributed by atoms with Crippen LogP contribution in [-0.4, -0.2) is 59.6 Å². The Morgan fingerprint density at radius 1 is 0.800 bits per heavy atom. The summed E-state index contributed by atoms with van der Waals surface area (Å²) in [7, 11) is 0. The number of hydrogen-bond acceptors (Lipinski definition) is 5. The molecule has 5 heteroatoms. The van der Waals surface area contributed by atoms with Crippen molar-refractivity contribution in [1.82, 2.24) is 0 Å². The first-order valence-corrected chi connectivity index (χ1v) is 12.6. The van der Waals surface area contributed by atoms with E-state index in [1.54, 1.807) is 0 Å². The summed E-state index contributed by atoms with van der Waals surface area (Å²) >= 11 is 0. The Morgan fingerprint density at radius 3 is 1.90 bits per heavy atom. The molecule has 1 aliphatic rings. The normalized spacial score (nSPS) is 24.7. The van der Waals surface area contributed by atoms with E-state index in [2.05, 4.69) is 19.1 Å². The van der Waals surface area contributed by atoms with Gasteiger partial charge in [-0.05, 0) is 32.1 Å². The number of aliphatic hydroxyl groups is 3. The second kappa shape index (κ2) is 19.2. The quantitative estimate of drug-likeness (QED) is 0.201. The van der Waals surface area contributed by atoms with Gasteiger partial charge in [0.1, 0.15) is 24.4 Å². The Labute approximate surface area is 184 Å². The third-order valence-electron chi connectivity index (χ3n) is 5.97. The van der Waals surface area contributed by atoms with Gasteiger partial charge in [0.25, 0.3) is 0 Å². The predicted molar refractivity (Wildman–Crippen MR) is 123 cm³/mol. The van der Waals surface area contributed by atoms with Crippen molar-refractivity contribution < 1.29 is 24.8 Å². The van der Waals surface area contributed by atoms with E-state index >= 15 is 0 Å². The van der Waals surface area contributed by atoms with Crippen molar-refractivity contribution in [3.63, 3.8) is 0 Å². The molecule has 178 valence electrons. The number of rotatable bonds is 19. The largest absolute Gasteiger partial charge is 0.394 e. The maximum Gasteiger partial charge on any atom is 0.114 e. The summed E-state index contributed by atoms with van der Waals surface area (Å²) in [5.74, 6) is 0. The van der Waals surface area contributed by atoms with Crippen molar-refractivity contribution in [2.45, 2.75) is 128 Å². The van der Waals surface area contributed by atoms with Crippen LogP contribution in [0.3, 0.4) is 0 Å². The summed E-state index contributed by atoms with van der Waals surface area (Å²) in [4.78, 5) is 0. The van der Waals surface area contributed by atoms with Crippen molar-refractivity contribution in [3.8, 4) is 0 Å². The zero-order chi connectivity index (χ0) is 21.9.